The number of para-hydroxylation sites is 1. The van der Waals surface area contributed by atoms with Gasteiger partial charge >= 0.3 is 0 Å². The van der Waals surface area contributed by atoms with E-state index in [1.807, 2.05) is 36.5 Å². The number of hydrogen-bond donors (Lipinski definition) is 0. The number of benzene rings is 1. The van der Waals surface area contributed by atoms with Crippen LogP contribution in [0.15, 0.2) is 35.3 Å². The Morgan fingerprint density at radius 3 is 2.44 bits per heavy atom. The first-order chi connectivity index (χ1) is 7.47. The van der Waals surface area contributed by atoms with Crippen LogP contribution < -0.4 is 0 Å². The lowest BCUT2D eigenvalue weighted by Crippen LogP contribution is -2.18. The van der Waals surface area contributed by atoms with Crippen LogP contribution in [0.25, 0.3) is 0 Å². The Morgan fingerprint density at radius 1 is 1.25 bits per heavy atom. The summed E-state index contributed by atoms with van der Waals surface area (Å²) in [6.07, 6.45) is 3.11. The molecule has 0 heterocycles. The molecule has 0 aliphatic rings. The molecule has 0 N–H and O–H groups in total. The second-order valence-electron chi connectivity index (χ2n) is 4.92. The van der Waals surface area contributed by atoms with E-state index in [0.29, 0.717) is 5.25 Å². The summed E-state index contributed by atoms with van der Waals surface area (Å²) in [6, 6.07) is 10.1. The highest BCUT2D eigenvalue weighted by Crippen LogP contribution is 2.26. The van der Waals surface area contributed by atoms with Gasteiger partial charge < -0.3 is 0 Å². The monoisotopic (exact) mass is 251 g/mol. The second-order valence-corrected chi connectivity index (χ2v) is 14.6. The third-order valence-corrected chi connectivity index (χ3v) is 6.62. The first-order valence-electron chi connectivity index (χ1n) is 5.73. The van der Waals surface area contributed by atoms with E-state index >= 15 is 0 Å². The highest BCUT2D eigenvalue weighted by atomic mass is 32.4. The maximum Gasteiger partial charge on any atom is 0.108 e. The molecule has 0 saturated heterocycles. The molecule has 0 aliphatic heterocycles. The molecule has 1 aromatic rings. The largest absolute Gasteiger partial charge is 0.261 e. The average molecular weight is 251 g/mol. The van der Waals surface area contributed by atoms with Crippen molar-refractivity contribution in [2.24, 2.45) is 4.99 Å². The summed E-state index contributed by atoms with van der Waals surface area (Å²) in [7, 11) is -0.995. The first kappa shape index (κ1) is 13.5. The Hall–Kier alpha value is -0.543. The smallest absolute Gasteiger partial charge is 0.108 e. The van der Waals surface area contributed by atoms with Gasteiger partial charge in [-0.15, -0.1) is 0 Å². The summed E-state index contributed by atoms with van der Waals surface area (Å²) >= 11 is 2.14. The lowest BCUT2D eigenvalue weighted by atomic mass is 10.3. The van der Waals surface area contributed by atoms with E-state index in [0.717, 1.165) is 12.1 Å². The maximum atomic E-state index is 4.45. The van der Waals surface area contributed by atoms with Crippen molar-refractivity contribution < 1.29 is 0 Å². The van der Waals surface area contributed by atoms with Crippen LogP contribution in [0.5, 0.6) is 0 Å². The van der Waals surface area contributed by atoms with Crippen LogP contribution in [0.3, 0.4) is 0 Å². The van der Waals surface area contributed by atoms with Gasteiger partial charge in [-0.3, -0.25) is 4.99 Å². The molecule has 3 heteroatoms. The van der Waals surface area contributed by atoms with Crippen molar-refractivity contribution >= 4 is 30.3 Å². The summed E-state index contributed by atoms with van der Waals surface area (Å²) in [5.41, 5.74) is 1.05. The van der Waals surface area contributed by atoms with Crippen LogP contribution in [0.4, 0.5) is 5.69 Å². The fourth-order valence-electron chi connectivity index (χ4n) is 1.47. The van der Waals surface area contributed by atoms with Crippen molar-refractivity contribution in [2.45, 2.75) is 38.2 Å². The van der Waals surface area contributed by atoms with Gasteiger partial charge in [0.2, 0.25) is 0 Å². The van der Waals surface area contributed by atoms with Gasteiger partial charge in [-0.1, -0.05) is 44.8 Å². The van der Waals surface area contributed by atoms with E-state index in [1.54, 1.807) is 0 Å². The highest BCUT2D eigenvalue weighted by molar-refractivity contribution is 8.29. The van der Waals surface area contributed by atoms with Gasteiger partial charge in [-0.2, -0.15) is 11.2 Å². The lowest BCUT2D eigenvalue weighted by Gasteiger charge is -2.19. The predicted molar refractivity (Wildman–Crippen MR) is 79.6 cm³/mol. The highest BCUT2D eigenvalue weighted by Gasteiger charge is 2.17. The molecule has 1 atom stereocenters. The molecule has 0 amide bonds. The van der Waals surface area contributed by atoms with Crippen LogP contribution in [-0.2, 0) is 0 Å². The van der Waals surface area contributed by atoms with Crippen LogP contribution in [-0.4, -0.2) is 18.7 Å². The van der Waals surface area contributed by atoms with Crippen LogP contribution in [0, 0.1) is 0 Å². The molecule has 1 rings (SSSR count). The van der Waals surface area contributed by atoms with Gasteiger partial charge in [0.1, 0.15) is 7.22 Å². The zero-order valence-electron chi connectivity index (χ0n) is 10.6. The molecule has 1 unspecified atom stereocenters. The summed E-state index contributed by atoms with van der Waals surface area (Å²) in [4.78, 5) is 4.45. The minimum atomic E-state index is -0.995. The molecule has 0 spiro atoms. The average Bonchev–Trinajstić information content (AvgIpc) is 2.16. The fraction of sp³-hybridized carbons (Fsp3) is 0.462. The SMILES string of the molecule is CC(CC=Nc1ccccc1)S[Si](C)(C)C. The minimum absolute atomic E-state index is 0.680. The van der Waals surface area contributed by atoms with Crippen molar-refractivity contribution in [3.63, 3.8) is 0 Å². The van der Waals surface area contributed by atoms with Gasteiger partial charge in [0, 0.05) is 11.5 Å². The molecular formula is C13H21NSSi. The third-order valence-electron chi connectivity index (χ3n) is 1.99. The Morgan fingerprint density at radius 2 is 1.88 bits per heavy atom. The van der Waals surface area contributed by atoms with Crippen molar-refractivity contribution in [3.05, 3.63) is 30.3 Å². The van der Waals surface area contributed by atoms with E-state index in [4.69, 9.17) is 0 Å². The van der Waals surface area contributed by atoms with Crippen molar-refractivity contribution in [2.75, 3.05) is 0 Å². The van der Waals surface area contributed by atoms with Crippen molar-refractivity contribution in [1.29, 1.82) is 0 Å². The van der Waals surface area contributed by atoms with Crippen LogP contribution >= 0.6 is 11.2 Å². The van der Waals surface area contributed by atoms with Gasteiger partial charge in [0.15, 0.2) is 0 Å². The van der Waals surface area contributed by atoms with E-state index in [2.05, 4.69) is 42.8 Å². The molecule has 0 fully saturated rings. The summed E-state index contributed by atoms with van der Waals surface area (Å²) in [5, 5.41) is 0.680. The van der Waals surface area contributed by atoms with Crippen LogP contribution in [0.2, 0.25) is 19.6 Å². The van der Waals surface area contributed by atoms with E-state index in [-0.39, 0.29) is 0 Å². The topological polar surface area (TPSA) is 12.4 Å². The lowest BCUT2D eigenvalue weighted by molar-refractivity contribution is 1.04. The van der Waals surface area contributed by atoms with E-state index < -0.39 is 7.22 Å². The number of rotatable bonds is 5. The summed E-state index contributed by atoms with van der Waals surface area (Å²) in [5.74, 6) is 0. The first-order valence-corrected chi connectivity index (χ1v) is 10.8. The molecule has 1 aromatic carbocycles. The molecule has 0 radical (unpaired) electrons. The van der Waals surface area contributed by atoms with E-state index in [9.17, 15) is 0 Å². The molecular weight excluding hydrogens is 230 g/mol. The van der Waals surface area contributed by atoms with Crippen molar-refractivity contribution in [3.8, 4) is 0 Å². The fourth-order valence-corrected chi connectivity index (χ4v) is 6.77. The molecule has 0 saturated carbocycles. The minimum Gasteiger partial charge on any atom is -0.261 e. The second kappa shape index (κ2) is 6.26. The maximum absolute atomic E-state index is 4.45. The zero-order valence-corrected chi connectivity index (χ0v) is 12.4. The predicted octanol–water partition coefficient (Wildman–Crippen LogP) is 4.74. The summed E-state index contributed by atoms with van der Waals surface area (Å²) in [6.45, 7) is 9.47. The Bertz CT molecular complexity index is 330. The Kier molecular flexibility index (Phi) is 5.29. The zero-order chi connectivity index (χ0) is 12.0. The molecule has 88 valence electrons. The quantitative estimate of drug-likeness (QED) is 0.544. The van der Waals surface area contributed by atoms with Crippen molar-refractivity contribution in [1.82, 2.24) is 0 Å². The Labute approximate surface area is 104 Å². The molecule has 16 heavy (non-hydrogen) atoms. The molecule has 0 aromatic heterocycles. The number of aliphatic imine (C=N–C) groups is 1. The summed E-state index contributed by atoms with van der Waals surface area (Å²) < 4.78 is 0. The molecule has 1 nitrogen and oxygen atoms in total. The van der Waals surface area contributed by atoms with Crippen LogP contribution in [0.1, 0.15) is 13.3 Å². The molecule has 0 bridgehead atoms. The number of nitrogens with zero attached hydrogens (tertiary/aromatic N) is 1. The van der Waals surface area contributed by atoms with Gasteiger partial charge in [0.05, 0.1) is 5.69 Å². The van der Waals surface area contributed by atoms with Gasteiger partial charge in [0.25, 0.3) is 0 Å². The standard InChI is InChI=1S/C13H21NSSi/c1-12(15-16(2,3)4)10-11-14-13-8-6-5-7-9-13/h5-9,11-12H,10H2,1-4H3. The van der Waals surface area contributed by atoms with E-state index in [1.165, 1.54) is 0 Å². The normalized spacial score (nSPS) is 14.2. The third kappa shape index (κ3) is 6.13. The molecule has 0 aliphatic carbocycles. The Balaban J connectivity index is 2.37. The number of hydrogen-bond acceptors (Lipinski definition) is 2. The van der Waals surface area contributed by atoms with Gasteiger partial charge in [-0.25, -0.2) is 0 Å². The van der Waals surface area contributed by atoms with Gasteiger partial charge in [-0.05, 0) is 18.6 Å².